The molecular formula is C15H26FN3O. The fourth-order valence-electron chi connectivity index (χ4n) is 2.33. The van der Waals surface area contributed by atoms with Gasteiger partial charge >= 0.3 is 0 Å². The van der Waals surface area contributed by atoms with Crippen molar-refractivity contribution >= 4 is 0 Å². The third kappa shape index (κ3) is 5.53. The van der Waals surface area contributed by atoms with E-state index >= 15 is 0 Å². The summed E-state index contributed by atoms with van der Waals surface area (Å²) in [6.07, 6.45) is 2.30. The van der Waals surface area contributed by atoms with E-state index in [-0.39, 0.29) is 18.5 Å². The van der Waals surface area contributed by atoms with E-state index in [4.69, 9.17) is 5.11 Å². The van der Waals surface area contributed by atoms with Crippen LogP contribution in [-0.2, 0) is 0 Å². The smallest absolute Gasteiger partial charge is 0.141 e. The van der Waals surface area contributed by atoms with Crippen molar-refractivity contribution < 1.29 is 9.50 Å². The number of nitrogens with zero attached hydrogens (tertiary/aromatic N) is 2. The highest BCUT2D eigenvalue weighted by Crippen LogP contribution is 2.21. The Kier molecular flexibility index (Phi) is 7.65. The van der Waals surface area contributed by atoms with E-state index in [1.54, 1.807) is 6.07 Å². The molecule has 114 valence electrons. The van der Waals surface area contributed by atoms with Crippen LogP contribution in [0.1, 0.15) is 32.0 Å². The Morgan fingerprint density at radius 1 is 1.45 bits per heavy atom. The average molecular weight is 283 g/mol. The lowest BCUT2D eigenvalue weighted by Gasteiger charge is -2.28. The van der Waals surface area contributed by atoms with Crippen molar-refractivity contribution in [3.05, 3.63) is 29.8 Å². The van der Waals surface area contributed by atoms with Crippen molar-refractivity contribution in [2.75, 3.05) is 33.3 Å². The van der Waals surface area contributed by atoms with Crippen molar-refractivity contribution in [3.8, 4) is 0 Å². The minimum Gasteiger partial charge on any atom is -0.395 e. The summed E-state index contributed by atoms with van der Waals surface area (Å²) in [5.74, 6) is 0.00380. The Hall–Kier alpha value is -1.04. The first-order chi connectivity index (χ1) is 9.58. The molecular weight excluding hydrogens is 257 g/mol. The summed E-state index contributed by atoms with van der Waals surface area (Å²) < 4.78 is 13.0. The van der Waals surface area contributed by atoms with E-state index < -0.39 is 0 Å². The Morgan fingerprint density at radius 3 is 2.75 bits per heavy atom. The molecule has 0 spiro atoms. The Labute approximate surface area is 121 Å². The van der Waals surface area contributed by atoms with Gasteiger partial charge in [-0.3, -0.25) is 4.98 Å². The van der Waals surface area contributed by atoms with Crippen LogP contribution >= 0.6 is 0 Å². The number of aliphatic hydroxyl groups is 1. The standard InChI is InChI=1S/C15H26FN3O/c1-4-7-17-15(12(2)11-19(3)8-9-20)14-6-5-13(16)10-18-14/h5-6,10,12,15,17,20H,4,7-9,11H2,1-3H3. The fourth-order valence-corrected chi connectivity index (χ4v) is 2.33. The summed E-state index contributed by atoms with van der Waals surface area (Å²) in [4.78, 5) is 6.29. The predicted molar refractivity (Wildman–Crippen MR) is 79.0 cm³/mol. The van der Waals surface area contributed by atoms with Gasteiger partial charge in [-0.15, -0.1) is 0 Å². The van der Waals surface area contributed by atoms with Crippen molar-refractivity contribution in [1.29, 1.82) is 0 Å². The second-order valence-corrected chi connectivity index (χ2v) is 5.30. The summed E-state index contributed by atoms with van der Waals surface area (Å²) in [6, 6.07) is 3.29. The molecule has 4 nitrogen and oxygen atoms in total. The topological polar surface area (TPSA) is 48.4 Å². The first kappa shape index (κ1) is 17.0. The van der Waals surface area contributed by atoms with Crippen molar-refractivity contribution in [2.24, 2.45) is 5.92 Å². The first-order valence-electron chi connectivity index (χ1n) is 7.22. The average Bonchev–Trinajstić information content (AvgIpc) is 2.41. The maximum atomic E-state index is 13.0. The molecule has 2 N–H and O–H groups in total. The molecule has 1 heterocycles. The zero-order chi connectivity index (χ0) is 15.0. The molecule has 1 rings (SSSR count). The van der Waals surface area contributed by atoms with Crippen LogP contribution in [0.25, 0.3) is 0 Å². The van der Waals surface area contributed by atoms with Gasteiger partial charge in [0.1, 0.15) is 5.82 Å². The molecule has 0 aliphatic heterocycles. The molecule has 0 aliphatic carbocycles. The van der Waals surface area contributed by atoms with E-state index in [1.807, 2.05) is 7.05 Å². The second kappa shape index (κ2) is 9.00. The molecule has 20 heavy (non-hydrogen) atoms. The molecule has 0 saturated carbocycles. The summed E-state index contributed by atoms with van der Waals surface area (Å²) in [5, 5.41) is 12.4. The van der Waals surface area contributed by atoms with Crippen LogP contribution in [-0.4, -0.2) is 48.3 Å². The van der Waals surface area contributed by atoms with Crippen LogP contribution < -0.4 is 5.32 Å². The summed E-state index contributed by atoms with van der Waals surface area (Å²) in [7, 11) is 1.99. The number of aliphatic hydroxyl groups excluding tert-OH is 1. The predicted octanol–water partition coefficient (Wildman–Crippen LogP) is 1.82. The zero-order valence-electron chi connectivity index (χ0n) is 12.6. The van der Waals surface area contributed by atoms with E-state index in [1.165, 1.54) is 12.3 Å². The van der Waals surface area contributed by atoms with E-state index in [2.05, 4.69) is 29.0 Å². The number of hydrogen-bond acceptors (Lipinski definition) is 4. The minimum absolute atomic E-state index is 0.0942. The fraction of sp³-hybridized carbons (Fsp3) is 0.667. The van der Waals surface area contributed by atoms with Gasteiger partial charge in [0.05, 0.1) is 24.5 Å². The van der Waals surface area contributed by atoms with Gasteiger partial charge in [0, 0.05) is 13.1 Å². The van der Waals surface area contributed by atoms with Gasteiger partial charge in [0.15, 0.2) is 0 Å². The summed E-state index contributed by atoms with van der Waals surface area (Å²) in [6.45, 7) is 6.82. The van der Waals surface area contributed by atoms with E-state index in [0.29, 0.717) is 12.5 Å². The van der Waals surface area contributed by atoms with Crippen LogP contribution in [0.3, 0.4) is 0 Å². The largest absolute Gasteiger partial charge is 0.395 e. The van der Waals surface area contributed by atoms with Gasteiger partial charge in [0.2, 0.25) is 0 Å². The highest BCUT2D eigenvalue weighted by molar-refractivity contribution is 5.11. The van der Waals surface area contributed by atoms with Crippen LogP contribution in [0.4, 0.5) is 4.39 Å². The third-order valence-electron chi connectivity index (χ3n) is 3.33. The number of nitrogens with one attached hydrogen (secondary N) is 1. The monoisotopic (exact) mass is 283 g/mol. The SMILES string of the molecule is CCCNC(c1ccc(F)cn1)C(C)CN(C)CCO. The van der Waals surface area contributed by atoms with Crippen LogP contribution in [0.15, 0.2) is 18.3 Å². The lowest BCUT2D eigenvalue weighted by molar-refractivity contribution is 0.191. The highest BCUT2D eigenvalue weighted by Gasteiger charge is 2.21. The summed E-state index contributed by atoms with van der Waals surface area (Å²) >= 11 is 0. The highest BCUT2D eigenvalue weighted by atomic mass is 19.1. The third-order valence-corrected chi connectivity index (χ3v) is 3.33. The second-order valence-electron chi connectivity index (χ2n) is 5.30. The number of hydrogen-bond donors (Lipinski definition) is 2. The number of aromatic nitrogens is 1. The maximum absolute atomic E-state index is 13.0. The van der Waals surface area contributed by atoms with Gasteiger partial charge in [-0.2, -0.15) is 0 Å². The summed E-state index contributed by atoms with van der Waals surface area (Å²) in [5.41, 5.74) is 0.866. The van der Waals surface area contributed by atoms with Crippen molar-refractivity contribution in [2.45, 2.75) is 26.3 Å². The van der Waals surface area contributed by atoms with Gasteiger partial charge in [-0.25, -0.2) is 4.39 Å². The van der Waals surface area contributed by atoms with Crippen molar-refractivity contribution in [3.63, 3.8) is 0 Å². The van der Waals surface area contributed by atoms with Crippen LogP contribution in [0.5, 0.6) is 0 Å². The van der Waals surface area contributed by atoms with Crippen LogP contribution in [0, 0.1) is 11.7 Å². The molecule has 0 fully saturated rings. The molecule has 0 amide bonds. The lowest BCUT2D eigenvalue weighted by atomic mass is 9.97. The normalized spacial score (nSPS) is 14.5. The van der Waals surface area contributed by atoms with Gasteiger partial charge in [0.25, 0.3) is 0 Å². The first-order valence-corrected chi connectivity index (χ1v) is 7.22. The molecule has 5 heteroatoms. The Morgan fingerprint density at radius 2 is 2.20 bits per heavy atom. The number of likely N-dealkylation sites (N-methyl/N-ethyl adjacent to an activating group) is 1. The Bertz CT molecular complexity index is 372. The van der Waals surface area contributed by atoms with E-state index in [0.717, 1.165) is 25.2 Å². The van der Waals surface area contributed by atoms with Gasteiger partial charge in [-0.05, 0) is 38.1 Å². The lowest BCUT2D eigenvalue weighted by Crippen LogP contribution is -2.36. The van der Waals surface area contributed by atoms with Gasteiger partial charge in [-0.1, -0.05) is 13.8 Å². The van der Waals surface area contributed by atoms with Crippen LogP contribution in [0.2, 0.25) is 0 Å². The molecule has 1 aromatic rings. The molecule has 0 aromatic carbocycles. The quantitative estimate of drug-likeness (QED) is 0.726. The van der Waals surface area contributed by atoms with Crippen molar-refractivity contribution in [1.82, 2.24) is 15.2 Å². The van der Waals surface area contributed by atoms with Gasteiger partial charge < -0.3 is 15.3 Å². The van der Waals surface area contributed by atoms with E-state index in [9.17, 15) is 4.39 Å². The zero-order valence-corrected chi connectivity index (χ0v) is 12.6. The molecule has 1 aromatic heterocycles. The maximum Gasteiger partial charge on any atom is 0.141 e. The molecule has 0 saturated heterocycles. The number of rotatable bonds is 9. The molecule has 0 aliphatic rings. The molecule has 2 atom stereocenters. The number of halogens is 1. The Balaban J connectivity index is 2.74. The number of pyridine rings is 1. The molecule has 0 radical (unpaired) electrons. The molecule has 0 bridgehead atoms. The minimum atomic E-state index is -0.312. The molecule has 2 unspecified atom stereocenters.